The zero-order valence-corrected chi connectivity index (χ0v) is 16.6. The lowest BCUT2D eigenvalue weighted by Gasteiger charge is -2.34. The van der Waals surface area contributed by atoms with Gasteiger partial charge in [-0.15, -0.1) is 0 Å². The first-order valence-corrected chi connectivity index (χ1v) is 10.3. The van der Waals surface area contributed by atoms with Crippen molar-refractivity contribution >= 4 is 21.6 Å². The van der Waals surface area contributed by atoms with E-state index in [0.29, 0.717) is 41.7 Å². The van der Waals surface area contributed by atoms with Crippen molar-refractivity contribution < 1.29 is 13.2 Å². The molecule has 0 amide bonds. The van der Waals surface area contributed by atoms with Gasteiger partial charge in [0.25, 0.3) is 0 Å². The van der Waals surface area contributed by atoms with Crippen molar-refractivity contribution in [1.29, 1.82) is 0 Å². The van der Waals surface area contributed by atoms with Gasteiger partial charge in [0.2, 0.25) is 10.0 Å². The van der Waals surface area contributed by atoms with E-state index in [-0.39, 0.29) is 0 Å². The highest BCUT2D eigenvalue weighted by atomic mass is 35.5. The maximum atomic E-state index is 12.9. The first kappa shape index (κ1) is 19.2. The van der Waals surface area contributed by atoms with Crippen LogP contribution in [0.3, 0.4) is 0 Å². The smallest absolute Gasteiger partial charge is 0.243 e. The zero-order valence-electron chi connectivity index (χ0n) is 15.0. The summed E-state index contributed by atoms with van der Waals surface area (Å²) >= 11 is 6.09. The van der Waals surface area contributed by atoms with E-state index in [1.54, 1.807) is 36.5 Å². The number of hydrogen-bond acceptors (Lipinski definition) is 4. The van der Waals surface area contributed by atoms with Gasteiger partial charge in [0.05, 0.1) is 12.0 Å². The number of piperazine rings is 1. The van der Waals surface area contributed by atoms with E-state index >= 15 is 0 Å². The predicted octanol–water partition coefficient (Wildman–Crippen LogP) is 3.16. The van der Waals surface area contributed by atoms with Crippen molar-refractivity contribution in [3.63, 3.8) is 0 Å². The molecule has 0 atom stereocenters. The minimum Gasteiger partial charge on any atom is -0.497 e. The first-order valence-electron chi connectivity index (χ1n) is 8.52. The van der Waals surface area contributed by atoms with E-state index in [1.165, 1.54) is 5.56 Å². The molecule has 0 unspecified atom stereocenters. The Morgan fingerprint density at radius 2 is 1.69 bits per heavy atom. The Kier molecular flexibility index (Phi) is 5.87. The number of ether oxygens (including phenoxy) is 1. The predicted molar refractivity (Wildman–Crippen MR) is 103 cm³/mol. The van der Waals surface area contributed by atoms with Crippen LogP contribution in [0, 0.1) is 6.92 Å². The van der Waals surface area contributed by atoms with Gasteiger partial charge in [-0.2, -0.15) is 4.31 Å². The van der Waals surface area contributed by atoms with Crippen LogP contribution in [-0.4, -0.2) is 50.9 Å². The Morgan fingerprint density at radius 3 is 2.31 bits per heavy atom. The molecule has 1 fully saturated rings. The highest BCUT2D eigenvalue weighted by molar-refractivity contribution is 7.89. The first-order chi connectivity index (χ1) is 12.4. The summed E-state index contributed by atoms with van der Waals surface area (Å²) in [5, 5.41) is 0.476. The molecule has 1 aliphatic rings. The third-order valence-electron chi connectivity index (χ3n) is 4.73. The molecule has 0 radical (unpaired) electrons. The maximum Gasteiger partial charge on any atom is 0.243 e. The largest absolute Gasteiger partial charge is 0.497 e. The van der Waals surface area contributed by atoms with Crippen LogP contribution in [0.15, 0.2) is 47.4 Å². The second-order valence-corrected chi connectivity index (χ2v) is 8.70. The Bertz CT molecular complexity index is 861. The van der Waals surface area contributed by atoms with Crippen molar-refractivity contribution in [2.45, 2.75) is 18.4 Å². The second kappa shape index (κ2) is 7.96. The van der Waals surface area contributed by atoms with Crippen molar-refractivity contribution in [2.24, 2.45) is 0 Å². The topological polar surface area (TPSA) is 49.9 Å². The van der Waals surface area contributed by atoms with Gasteiger partial charge < -0.3 is 4.74 Å². The third-order valence-corrected chi connectivity index (χ3v) is 7.18. The lowest BCUT2D eigenvalue weighted by atomic mass is 10.2. The van der Waals surface area contributed by atoms with E-state index in [0.717, 1.165) is 12.3 Å². The van der Waals surface area contributed by atoms with Gasteiger partial charge in [-0.25, -0.2) is 8.42 Å². The zero-order chi connectivity index (χ0) is 18.7. The Balaban J connectivity index is 1.64. The Labute approximate surface area is 160 Å². The normalized spacial score (nSPS) is 16.6. The molecule has 5 nitrogen and oxygen atoms in total. The fraction of sp³-hybridized carbons (Fsp3) is 0.368. The van der Waals surface area contributed by atoms with Crippen LogP contribution >= 0.6 is 11.6 Å². The number of sulfonamides is 1. The molecular formula is C19H23ClN2O3S. The van der Waals surface area contributed by atoms with E-state index < -0.39 is 10.0 Å². The molecule has 2 aromatic carbocycles. The van der Waals surface area contributed by atoms with Crippen molar-refractivity contribution in [3.8, 4) is 5.75 Å². The number of halogens is 1. The van der Waals surface area contributed by atoms with E-state index in [2.05, 4.69) is 4.90 Å². The molecule has 0 bridgehead atoms. The van der Waals surface area contributed by atoms with Gasteiger partial charge >= 0.3 is 0 Å². The van der Waals surface area contributed by atoms with Crippen molar-refractivity contribution in [3.05, 3.63) is 58.6 Å². The van der Waals surface area contributed by atoms with Crippen LogP contribution in [0.4, 0.5) is 0 Å². The fourth-order valence-electron chi connectivity index (χ4n) is 3.12. The van der Waals surface area contributed by atoms with Crippen LogP contribution in [0.5, 0.6) is 5.75 Å². The average Bonchev–Trinajstić information content (AvgIpc) is 2.65. The molecule has 0 spiro atoms. The molecule has 1 saturated heterocycles. The summed E-state index contributed by atoms with van der Waals surface area (Å²) in [5.74, 6) is 0.835. The molecule has 26 heavy (non-hydrogen) atoms. The van der Waals surface area contributed by atoms with Crippen molar-refractivity contribution in [2.75, 3.05) is 33.3 Å². The van der Waals surface area contributed by atoms with E-state index in [9.17, 15) is 8.42 Å². The Hall–Kier alpha value is -1.60. The quantitative estimate of drug-likeness (QED) is 0.781. The van der Waals surface area contributed by atoms with Gasteiger partial charge in [0, 0.05) is 37.7 Å². The maximum absolute atomic E-state index is 12.9. The average molecular weight is 395 g/mol. The monoisotopic (exact) mass is 394 g/mol. The van der Waals surface area contributed by atoms with Crippen LogP contribution in [0.25, 0.3) is 0 Å². The fourth-order valence-corrected chi connectivity index (χ4v) is 5.02. The molecule has 1 heterocycles. The minimum atomic E-state index is -3.51. The highest BCUT2D eigenvalue weighted by Crippen LogP contribution is 2.26. The van der Waals surface area contributed by atoms with Gasteiger partial charge in [0.15, 0.2) is 0 Å². The SMILES string of the molecule is COc1ccc(CN2CCN(S(=O)(=O)c3cccc(Cl)c3C)CC2)cc1. The molecule has 7 heteroatoms. The molecule has 0 N–H and O–H groups in total. The van der Waals surface area contributed by atoms with Crippen LogP contribution < -0.4 is 4.74 Å². The lowest BCUT2D eigenvalue weighted by Crippen LogP contribution is -2.48. The summed E-state index contributed by atoms with van der Waals surface area (Å²) < 4.78 is 32.6. The number of rotatable bonds is 5. The van der Waals surface area contributed by atoms with Crippen LogP contribution in [-0.2, 0) is 16.6 Å². The van der Waals surface area contributed by atoms with Gasteiger partial charge in [-0.1, -0.05) is 29.8 Å². The van der Waals surface area contributed by atoms with E-state index in [1.807, 2.05) is 24.3 Å². The van der Waals surface area contributed by atoms with Gasteiger partial charge in [-0.05, 0) is 42.3 Å². The summed E-state index contributed by atoms with van der Waals surface area (Å²) in [5.41, 5.74) is 1.79. The molecule has 2 aromatic rings. The summed E-state index contributed by atoms with van der Waals surface area (Å²) in [7, 11) is -1.87. The van der Waals surface area contributed by atoms with Crippen LogP contribution in [0.2, 0.25) is 5.02 Å². The van der Waals surface area contributed by atoms with E-state index in [4.69, 9.17) is 16.3 Å². The summed E-state index contributed by atoms with van der Waals surface area (Å²) in [6.07, 6.45) is 0. The molecule has 3 rings (SSSR count). The highest BCUT2D eigenvalue weighted by Gasteiger charge is 2.29. The van der Waals surface area contributed by atoms with Crippen LogP contribution in [0.1, 0.15) is 11.1 Å². The summed E-state index contributed by atoms with van der Waals surface area (Å²) in [6, 6.07) is 13.0. The molecule has 0 aromatic heterocycles. The molecule has 0 aliphatic carbocycles. The standard InChI is InChI=1S/C19H23ClN2O3S/c1-15-18(20)4-3-5-19(15)26(23,24)22-12-10-21(11-13-22)14-16-6-8-17(25-2)9-7-16/h3-9H,10-14H2,1-2H3. The van der Waals surface area contributed by atoms with Gasteiger partial charge in [-0.3, -0.25) is 4.90 Å². The number of nitrogens with zero attached hydrogens (tertiary/aromatic N) is 2. The summed E-state index contributed by atoms with van der Waals surface area (Å²) in [4.78, 5) is 2.56. The molecule has 140 valence electrons. The molecule has 1 aliphatic heterocycles. The third kappa shape index (κ3) is 4.04. The minimum absolute atomic E-state index is 0.300. The molecule has 0 saturated carbocycles. The Morgan fingerprint density at radius 1 is 1.04 bits per heavy atom. The van der Waals surface area contributed by atoms with Gasteiger partial charge in [0.1, 0.15) is 5.75 Å². The second-order valence-electron chi connectivity index (χ2n) is 6.39. The van der Waals surface area contributed by atoms with Crippen molar-refractivity contribution in [1.82, 2.24) is 9.21 Å². The number of benzene rings is 2. The number of methoxy groups -OCH3 is 1. The number of hydrogen-bond donors (Lipinski definition) is 0. The molecular weight excluding hydrogens is 372 g/mol. The summed E-state index contributed by atoms with van der Waals surface area (Å²) in [6.45, 7) is 4.90. The lowest BCUT2D eigenvalue weighted by molar-refractivity contribution is 0.181.